The SMILES string of the molecule is COc1nc(N(C)C)nc2cc(-n3nc(C)c(O)c3C)ccc12. The molecule has 0 atom stereocenters. The highest BCUT2D eigenvalue weighted by molar-refractivity contribution is 5.86. The molecule has 3 rings (SSSR count). The van der Waals surface area contributed by atoms with Crippen molar-refractivity contribution in [3.8, 4) is 17.3 Å². The van der Waals surface area contributed by atoms with E-state index in [4.69, 9.17) is 4.74 Å². The molecular weight excluding hydrogens is 294 g/mol. The van der Waals surface area contributed by atoms with Crippen LogP contribution in [0.4, 0.5) is 5.95 Å². The van der Waals surface area contributed by atoms with Crippen LogP contribution in [-0.2, 0) is 0 Å². The van der Waals surface area contributed by atoms with Crippen molar-refractivity contribution in [3.63, 3.8) is 0 Å². The van der Waals surface area contributed by atoms with Crippen molar-refractivity contribution in [1.29, 1.82) is 0 Å². The average molecular weight is 313 g/mol. The van der Waals surface area contributed by atoms with Crippen molar-refractivity contribution in [2.75, 3.05) is 26.1 Å². The summed E-state index contributed by atoms with van der Waals surface area (Å²) in [6, 6.07) is 5.71. The van der Waals surface area contributed by atoms with Gasteiger partial charge in [-0.1, -0.05) is 0 Å². The van der Waals surface area contributed by atoms with Crippen LogP contribution in [-0.4, -0.2) is 46.1 Å². The zero-order chi connectivity index (χ0) is 16.7. The number of anilines is 1. The first-order valence-corrected chi connectivity index (χ1v) is 7.21. The van der Waals surface area contributed by atoms with Gasteiger partial charge in [0.2, 0.25) is 11.8 Å². The number of aromatic hydroxyl groups is 1. The second-order valence-corrected chi connectivity index (χ2v) is 5.56. The Hall–Kier alpha value is -2.83. The van der Waals surface area contributed by atoms with Gasteiger partial charge in [-0.25, -0.2) is 9.67 Å². The third-order valence-electron chi connectivity index (χ3n) is 3.72. The third-order valence-corrected chi connectivity index (χ3v) is 3.72. The van der Waals surface area contributed by atoms with Crippen molar-refractivity contribution < 1.29 is 9.84 Å². The summed E-state index contributed by atoms with van der Waals surface area (Å²) in [5.41, 5.74) is 2.86. The van der Waals surface area contributed by atoms with Gasteiger partial charge in [-0.2, -0.15) is 10.1 Å². The van der Waals surface area contributed by atoms with Crippen LogP contribution in [0.5, 0.6) is 11.6 Å². The Morgan fingerprint density at radius 3 is 2.48 bits per heavy atom. The van der Waals surface area contributed by atoms with Gasteiger partial charge in [0.1, 0.15) is 5.69 Å². The molecule has 0 aliphatic carbocycles. The van der Waals surface area contributed by atoms with E-state index >= 15 is 0 Å². The van der Waals surface area contributed by atoms with Gasteiger partial charge >= 0.3 is 0 Å². The highest BCUT2D eigenvalue weighted by atomic mass is 16.5. The highest BCUT2D eigenvalue weighted by Gasteiger charge is 2.14. The van der Waals surface area contributed by atoms with Crippen LogP contribution in [0.2, 0.25) is 0 Å². The molecule has 2 heterocycles. The summed E-state index contributed by atoms with van der Waals surface area (Å²) in [5.74, 6) is 1.31. The summed E-state index contributed by atoms with van der Waals surface area (Å²) in [4.78, 5) is 10.8. The maximum atomic E-state index is 9.97. The molecule has 0 saturated carbocycles. The van der Waals surface area contributed by atoms with Crippen molar-refractivity contribution in [2.45, 2.75) is 13.8 Å². The molecule has 7 heteroatoms. The summed E-state index contributed by atoms with van der Waals surface area (Å²) in [5, 5.41) is 15.2. The van der Waals surface area contributed by atoms with E-state index in [2.05, 4.69) is 15.1 Å². The Balaban J connectivity index is 2.23. The summed E-state index contributed by atoms with van der Waals surface area (Å²) < 4.78 is 7.07. The quantitative estimate of drug-likeness (QED) is 0.799. The Labute approximate surface area is 134 Å². The molecule has 120 valence electrons. The first kappa shape index (κ1) is 15.1. The van der Waals surface area contributed by atoms with Crippen LogP contribution >= 0.6 is 0 Å². The minimum absolute atomic E-state index is 0.208. The standard InChI is InChI=1S/C16H19N5O2/c1-9-14(22)10(2)21(19-9)11-6-7-12-13(8-11)17-16(20(3)4)18-15(12)23-5/h6-8,22H,1-5H3. The lowest BCUT2D eigenvalue weighted by atomic mass is 10.2. The second kappa shape index (κ2) is 5.42. The minimum Gasteiger partial charge on any atom is -0.504 e. The van der Waals surface area contributed by atoms with E-state index in [1.165, 1.54) is 0 Å². The molecule has 23 heavy (non-hydrogen) atoms. The Morgan fingerprint density at radius 2 is 1.91 bits per heavy atom. The third kappa shape index (κ3) is 2.44. The lowest BCUT2D eigenvalue weighted by Gasteiger charge is -2.13. The van der Waals surface area contributed by atoms with Crippen molar-refractivity contribution >= 4 is 16.9 Å². The van der Waals surface area contributed by atoms with Crippen LogP contribution in [0.3, 0.4) is 0 Å². The fourth-order valence-electron chi connectivity index (χ4n) is 2.45. The van der Waals surface area contributed by atoms with Gasteiger partial charge in [0.15, 0.2) is 5.75 Å². The number of hydrogen-bond acceptors (Lipinski definition) is 6. The summed E-state index contributed by atoms with van der Waals surface area (Å²) in [7, 11) is 5.35. The van der Waals surface area contributed by atoms with E-state index in [0.717, 1.165) is 16.6 Å². The number of ether oxygens (including phenoxy) is 1. The van der Waals surface area contributed by atoms with Gasteiger partial charge in [0.05, 0.1) is 29.4 Å². The van der Waals surface area contributed by atoms with Crippen LogP contribution in [0.15, 0.2) is 18.2 Å². The molecule has 0 saturated heterocycles. The number of benzene rings is 1. The van der Waals surface area contributed by atoms with E-state index < -0.39 is 0 Å². The first-order chi connectivity index (χ1) is 10.9. The van der Waals surface area contributed by atoms with E-state index in [1.807, 2.05) is 44.1 Å². The number of aryl methyl sites for hydroxylation is 1. The number of aromatic nitrogens is 4. The fourth-order valence-corrected chi connectivity index (χ4v) is 2.45. The number of methoxy groups -OCH3 is 1. The maximum absolute atomic E-state index is 9.97. The predicted molar refractivity (Wildman–Crippen MR) is 88.7 cm³/mol. The van der Waals surface area contributed by atoms with E-state index in [1.54, 1.807) is 18.7 Å². The van der Waals surface area contributed by atoms with Crippen molar-refractivity contribution in [1.82, 2.24) is 19.7 Å². The molecule has 0 spiro atoms. The Bertz CT molecular complexity index is 886. The van der Waals surface area contributed by atoms with Crippen molar-refractivity contribution in [2.24, 2.45) is 0 Å². The maximum Gasteiger partial charge on any atom is 0.228 e. The molecular formula is C16H19N5O2. The first-order valence-electron chi connectivity index (χ1n) is 7.21. The summed E-state index contributed by atoms with van der Waals surface area (Å²) >= 11 is 0. The molecule has 3 aromatic rings. The molecule has 0 aliphatic rings. The molecule has 0 aliphatic heterocycles. The van der Waals surface area contributed by atoms with Crippen LogP contribution in [0.1, 0.15) is 11.4 Å². The van der Waals surface area contributed by atoms with E-state index in [-0.39, 0.29) is 5.75 Å². The van der Waals surface area contributed by atoms with Gasteiger partial charge in [0.25, 0.3) is 0 Å². The normalized spacial score (nSPS) is 11.0. The Morgan fingerprint density at radius 1 is 1.17 bits per heavy atom. The highest BCUT2D eigenvalue weighted by Crippen LogP contribution is 2.29. The molecule has 2 aromatic heterocycles. The summed E-state index contributed by atoms with van der Waals surface area (Å²) in [6.07, 6.45) is 0. The van der Waals surface area contributed by atoms with E-state index in [0.29, 0.717) is 23.2 Å². The molecule has 0 bridgehead atoms. The molecule has 1 aromatic carbocycles. The number of hydrogen-bond donors (Lipinski definition) is 1. The zero-order valence-corrected chi connectivity index (χ0v) is 13.8. The van der Waals surface area contributed by atoms with Crippen LogP contribution in [0.25, 0.3) is 16.6 Å². The molecule has 0 amide bonds. The summed E-state index contributed by atoms with van der Waals surface area (Å²) in [6.45, 7) is 3.60. The van der Waals surface area contributed by atoms with Crippen molar-refractivity contribution in [3.05, 3.63) is 29.6 Å². The number of nitrogens with zero attached hydrogens (tertiary/aromatic N) is 5. The lowest BCUT2D eigenvalue weighted by molar-refractivity contribution is 0.403. The smallest absolute Gasteiger partial charge is 0.228 e. The van der Waals surface area contributed by atoms with Gasteiger partial charge in [-0.05, 0) is 32.0 Å². The second-order valence-electron chi connectivity index (χ2n) is 5.56. The number of fused-ring (bicyclic) bond motifs is 1. The predicted octanol–water partition coefficient (Wildman–Crippen LogP) is 2.21. The monoisotopic (exact) mass is 313 g/mol. The zero-order valence-electron chi connectivity index (χ0n) is 13.8. The average Bonchev–Trinajstić information content (AvgIpc) is 2.80. The lowest BCUT2D eigenvalue weighted by Crippen LogP contribution is -2.13. The van der Waals surface area contributed by atoms with Gasteiger partial charge in [-0.15, -0.1) is 0 Å². The van der Waals surface area contributed by atoms with Gasteiger partial charge in [-0.3, -0.25) is 0 Å². The van der Waals surface area contributed by atoms with Crippen LogP contribution < -0.4 is 9.64 Å². The molecule has 0 fully saturated rings. The largest absolute Gasteiger partial charge is 0.504 e. The molecule has 7 nitrogen and oxygen atoms in total. The van der Waals surface area contributed by atoms with Crippen LogP contribution in [0, 0.1) is 13.8 Å². The molecule has 0 radical (unpaired) electrons. The topological polar surface area (TPSA) is 76.3 Å². The minimum atomic E-state index is 0.208. The van der Waals surface area contributed by atoms with Gasteiger partial charge < -0.3 is 14.7 Å². The molecule has 1 N–H and O–H groups in total. The fraction of sp³-hybridized carbons (Fsp3) is 0.312. The van der Waals surface area contributed by atoms with E-state index in [9.17, 15) is 5.11 Å². The Kier molecular flexibility index (Phi) is 3.55. The molecule has 0 unspecified atom stereocenters. The number of rotatable bonds is 3. The van der Waals surface area contributed by atoms with Gasteiger partial charge in [0, 0.05) is 14.1 Å².